The van der Waals surface area contributed by atoms with Crippen LogP contribution in [0.4, 0.5) is 0 Å². The molecule has 1 aromatic carbocycles. The summed E-state index contributed by atoms with van der Waals surface area (Å²) in [5.41, 5.74) is 4.23. The van der Waals surface area contributed by atoms with Gasteiger partial charge in [0.05, 0.1) is 25.0 Å². The standard InChI is InChI=1S/C24H30N2O3/c27-15-20-14-26(11-9-24(20)21-6-2-1-4-19(21)16-29-24)13-17-7-8-18-5-3-10-25-23(18)22(28)12-17/h1-6,10,17,20,22,27-28H,7-9,11-16H2/t17-,20+,22+,24+/m1/s1. The van der Waals surface area contributed by atoms with E-state index in [1.807, 2.05) is 6.07 Å². The van der Waals surface area contributed by atoms with E-state index >= 15 is 0 Å². The maximum Gasteiger partial charge on any atom is 0.101 e. The Morgan fingerprint density at radius 2 is 2.03 bits per heavy atom. The number of aliphatic hydroxyl groups excluding tert-OH is 2. The molecule has 0 unspecified atom stereocenters. The van der Waals surface area contributed by atoms with Crippen molar-refractivity contribution >= 4 is 0 Å². The summed E-state index contributed by atoms with van der Waals surface area (Å²) in [4.78, 5) is 6.89. The summed E-state index contributed by atoms with van der Waals surface area (Å²) >= 11 is 0. The number of aryl methyl sites for hydroxylation is 1. The van der Waals surface area contributed by atoms with Gasteiger partial charge in [-0.05, 0) is 54.4 Å². The lowest BCUT2D eigenvalue weighted by Crippen LogP contribution is -2.52. The van der Waals surface area contributed by atoms with Crippen molar-refractivity contribution in [2.75, 3.05) is 26.2 Å². The van der Waals surface area contributed by atoms with Crippen LogP contribution in [-0.2, 0) is 23.4 Å². The van der Waals surface area contributed by atoms with Gasteiger partial charge in [-0.1, -0.05) is 30.3 Å². The third-order valence-corrected chi connectivity index (χ3v) is 7.25. The second kappa shape index (κ2) is 7.80. The Balaban J connectivity index is 1.28. The van der Waals surface area contributed by atoms with E-state index < -0.39 is 6.10 Å². The topological polar surface area (TPSA) is 65.8 Å². The van der Waals surface area contributed by atoms with Crippen LogP contribution in [0.3, 0.4) is 0 Å². The van der Waals surface area contributed by atoms with E-state index in [2.05, 4.69) is 40.2 Å². The SMILES string of the molecule is OC[C@@H]1CN(C[C@@H]2CCc3cccnc3[C@@H](O)C2)CC[C@]12OCc1ccccc12. The number of nitrogens with zero attached hydrogens (tertiary/aromatic N) is 2. The van der Waals surface area contributed by atoms with Gasteiger partial charge < -0.3 is 19.8 Å². The maximum atomic E-state index is 10.7. The normalized spacial score (nSPS) is 32.0. The van der Waals surface area contributed by atoms with Gasteiger partial charge in [-0.25, -0.2) is 0 Å². The summed E-state index contributed by atoms with van der Waals surface area (Å²) < 4.78 is 6.34. The van der Waals surface area contributed by atoms with E-state index in [1.165, 1.54) is 16.7 Å². The molecule has 0 bridgehead atoms. The molecule has 0 amide bonds. The van der Waals surface area contributed by atoms with E-state index in [0.717, 1.165) is 51.0 Å². The van der Waals surface area contributed by atoms with Crippen molar-refractivity contribution in [3.63, 3.8) is 0 Å². The predicted octanol–water partition coefficient (Wildman–Crippen LogP) is 2.81. The van der Waals surface area contributed by atoms with Gasteiger partial charge in [-0.2, -0.15) is 0 Å². The number of likely N-dealkylation sites (tertiary alicyclic amines) is 1. The van der Waals surface area contributed by atoms with Crippen LogP contribution in [0.15, 0.2) is 42.6 Å². The van der Waals surface area contributed by atoms with Crippen molar-refractivity contribution in [1.29, 1.82) is 0 Å². The first-order chi connectivity index (χ1) is 14.2. The predicted molar refractivity (Wildman–Crippen MR) is 110 cm³/mol. The molecular formula is C24H30N2O3. The first-order valence-corrected chi connectivity index (χ1v) is 10.9. The van der Waals surface area contributed by atoms with E-state index in [1.54, 1.807) is 6.20 Å². The molecular weight excluding hydrogens is 364 g/mol. The molecule has 29 heavy (non-hydrogen) atoms. The van der Waals surface area contributed by atoms with Crippen molar-refractivity contribution in [2.45, 2.75) is 44.0 Å². The average molecular weight is 395 g/mol. The Labute approximate surface area is 172 Å². The first kappa shape index (κ1) is 19.2. The van der Waals surface area contributed by atoms with Crippen molar-refractivity contribution in [3.05, 3.63) is 65.0 Å². The number of pyridine rings is 1. The summed E-state index contributed by atoms with van der Waals surface area (Å²) in [6.07, 6.45) is 5.01. The summed E-state index contributed by atoms with van der Waals surface area (Å²) in [6.45, 7) is 3.53. The van der Waals surface area contributed by atoms with Gasteiger partial charge >= 0.3 is 0 Å². The number of aromatic nitrogens is 1. The zero-order valence-corrected chi connectivity index (χ0v) is 16.8. The van der Waals surface area contributed by atoms with Crippen LogP contribution in [-0.4, -0.2) is 46.3 Å². The molecule has 0 saturated carbocycles. The zero-order chi connectivity index (χ0) is 19.8. The van der Waals surface area contributed by atoms with Crippen LogP contribution in [0, 0.1) is 11.8 Å². The molecule has 4 atom stereocenters. The van der Waals surface area contributed by atoms with Gasteiger partial charge in [0, 0.05) is 31.7 Å². The Morgan fingerprint density at radius 1 is 1.17 bits per heavy atom. The summed E-state index contributed by atoms with van der Waals surface area (Å²) in [7, 11) is 0. The molecule has 5 rings (SSSR count). The van der Waals surface area contributed by atoms with Gasteiger partial charge in [-0.15, -0.1) is 0 Å². The fraction of sp³-hybridized carbons (Fsp3) is 0.542. The van der Waals surface area contributed by atoms with Gasteiger partial charge in [0.1, 0.15) is 5.60 Å². The smallest absolute Gasteiger partial charge is 0.101 e. The lowest BCUT2D eigenvalue weighted by atomic mass is 9.75. The molecule has 1 aliphatic carbocycles. The van der Waals surface area contributed by atoms with Crippen LogP contribution in [0.25, 0.3) is 0 Å². The van der Waals surface area contributed by atoms with Gasteiger partial charge in [-0.3, -0.25) is 4.98 Å². The van der Waals surface area contributed by atoms with E-state index in [0.29, 0.717) is 12.5 Å². The molecule has 1 spiro atoms. The Bertz CT molecular complexity index is 873. The van der Waals surface area contributed by atoms with Gasteiger partial charge in [0.2, 0.25) is 0 Å². The lowest BCUT2D eigenvalue weighted by Gasteiger charge is -2.46. The first-order valence-electron chi connectivity index (χ1n) is 10.9. The van der Waals surface area contributed by atoms with Crippen molar-refractivity contribution < 1.29 is 14.9 Å². The fourth-order valence-electron chi connectivity index (χ4n) is 5.74. The molecule has 1 aromatic heterocycles. The summed E-state index contributed by atoms with van der Waals surface area (Å²) in [6, 6.07) is 12.5. The maximum absolute atomic E-state index is 10.7. The highest BCUT2D eigenvalue weighted by atomic mass is 16.5. The molecule has 0 radical (unpaired) electrons. The Hall–Kier alpha value is -1.79. The highest BCUT2D eigenvalue weighted by Crippen LogP contribution is 2.47. The molecule has 3 aliphatic rings. The Kier molecular flexibility index (Phi) is 5.16. The highest BCUT2D eigenvalue weighted by Gasteiger charge is 2.49. The fourth-order valence-corrected chi connectivity index (χ4v) is 5.74. The molecule has 2 aromatic rings. The second-order valence-corrected chi connectivity index (χ2v) is 8.93. The molecule has 5 heteroatoms. The Morgan fingerprint density at radius 3 is 2.93 bits per heavy atom. The number of ether oxygens (including phenoxy) is 1. The van der Waals surface area contributed by atoms with E-state index in [-0.39, 0.29) is 18.1 Å². The van der Waals surface area contributed by atoms with Crippen LogP contribution in [0.2, 0.25) is 0 Å². The van der Waals surface area contributed by atoms with Crippen LogP contribution < -0.4 is 0 Å². The van der Waals surface area contributed by atoms with Gasteiger partial charge in [0.25, 0.3) is 0 Å². The monoisotopic (exact) mass is 394 g/mol. The van der Waals surface area contributed by atoms with Crippen molar-refractivity contribution in [3.8, 4) is 0 Å². The van der Waals surface area contributed by atoms with Crippen LogP contribution >= 0.6 is 0 Å². The molecule has 2 aliphatic heterocycles. The zero-order valence-electron chi connectivity index (χ0n) is 16.8. The molecule has 3 heterocycles. The highest BCUT2D eigenvalue weighted by molar-refractivity contribution is 5.37. The number of fused-ring (bicyclic) bond motifs is 3. The molecule has 1 fully saturated rings. The van der Waals surface area contributed by atoms with E-state index in [9.17, 15) is 10.2 Å². The van der Waals surface area contributed by atoms with Crippen LogP contribution in [0.1, 0.15) is 47.8 Å². The lowest BCUT2D eigenvalue weighted by molar-refractivity contribution is -0.134. The minimum atomic E-state index is -0.478. The average Bonchev–Trinajstić information content (AvgIpc) is 3.04. The molecule has 1 saturated heterocycles. The quantitative estimate of drug-likeness (QED) is 0.784. The van der Waals surface area contributed by atoms with Crippen LogP contribution in [0.5, 0.6) is 0 Å². The third kappa shape index (κ3) is 3.40. The van der Waals surface area contributed by atoms with E-state index in [4.69, 9.17) is 4.74 Å². The molecule has 154 valence electrons. The number of piperidine rings is 1. The number of hydrogen-bond acceptors (Lipinski definition) is 5. The minimum absolute atomic E-state index is 0.0782. The van der Waals surface area contributed by atoms with Crippen molar-refractivity contribution in [1.82, 2.24) is 9.88 Å². The number of aliphatic hydroxyl groups is 2. The van der Waals surface area contributed by atoms with Crippen molar-refractivity contribution in [2.24, 2.45) is 11.8 Å². The molecule has 5 nitrogen and oxygen atoms in total. The number of rotatable bonds is 3. The number of hydrogen-bond donors (Lipinski definition) is 2. The largest absolute Gasteiger partial charge is 0.396 e. The molecule has 2 N–H and O–H groups in total. The number of benzene rings is 1. The van der Waals surface area contributed by atoms with Gasteiger partial charge in [0.15, 0.2) is 0 Å². The summed E-state index contributed by atoms with van der Waals surface area (Å²) in [5, 5.41) is 20.9. The minimum Gasteiger partial charge on any atom is -0.396 e. The third-order valence-electron chi connectivity index (χ3n) is 7.25. The summed E-state index contributed by atoms with van der Waals surface area (Å²) in [5.74, 6) is 0.513. The second-order valence-electron chi connectivity index (χ2n) is 8.93.